The maximum Gasteiger partial charge on any atom is 0.413 e. The maximum atomic E-state index is 13.6. The first kappa shape index (κ1) is 102. The first-order chi connectivity index (χ1) is 65.5. The van der Waals surface area contributed by atoms with Gasteiger partial charge in [0.1, 0.15) is 183 Å². The number of hydrogen-bond donors (Lipinski definition) is 14. The highest BCUT2D eigenvalue weighted by atomic mass is 79.9. The van der Waals surface area contributed by atoms with Crippen molar-refractivity contribution in [3.05, 3.63) is 372 Å². The van der Waals surface area contributed by atoms with Gasteiger partial charge in [0.2, 0.25) is 0 Å². The van der Waals surface area contributed by atoms with E-state index in [4.69, 9.17) is 85.7 Å². The van der Waals surface area contributed by atoms with Gasteiger partial charge in [-0.3, -0.25) is 76.3 Å². The van der Waals surface area contributed by atoms with Crippen LogP contribution in [0.2, 0.25) is 25.1 Å². The second kappa shape index (κ2) is 44.4. The largest absolute Gasteiger partial charge is 0.444 e. The second-order valence-corrected chi connectivity index (χ2v) is 33.6. The van der Waals surface area contributed by atoms with Crippen molar-refractivity contribution < 1.29 is 60.3 Å². The maximum absolute atomic E-state index is 13.6. The van der Waals surface area contributed by atoms with E-state index in [2.05, 4.69) is 140 Å². The zero-order chi connectivity index (χ0) is 100.0. The van der Waals surface area contributed by atoms with Crippen molar-refractivity contribution in [2.45, 2.75) is 51.0 Å². The number of fused-ring (bicyclic) bond motifs is 4. The zero-order valence-corrected chi connectivity index (χ0v) is 78.9. The monoisotopic (exact) mass is 2180 g/mol. The number of hydrogen-bond acceptors (Lipinski definition) is 28. The molecule has 13 heterocycles. The van der Waals surface area contributed by atoms with Crippen LogP contribution in [0.3, 0.4) is 0 Å². The molecule has 6 amide bonds. The topological polar surface area (TPSA) is 565 Å². The molecule has 9 aromatic heterocycles. The van der Waals surface area contributed by atoms with Gasteiger partial charge in [-0.25, -0.2) is 66.6 Å². The van der Waals surface area contributed by atoms with Crippen LogP contribution in [0.15, 0.2) is 234 Å². The molecule has 0 bridgehead atoms. The highest BCUT2D eigenvalue weighted by Gasteiger charge is 2.39. The lowest BCUT2D eigenvalue weighted by molar-refractivity contribution is 0.0633. The molecule has 4 aliphatic heterocycles. The molecule has 0 saturated heterocycles. The van der Waals surface area contributed by atoms with E-state index in [-0.39, 0.29) is 114 Å². The normalized spacial score (nSPS) is 14.1. The smallest absolute Gasteiger partial charge is 0.413 e. The highest BCUT2D eigenvalue weighted by molar-refractivity contribution is 9.11. The summed E-state index contributed by atoms with van der Waals surface area (Å²) in [6, 6.07) is 40.7. The zero-order valence-electron chi connectivity index (χ0n) is 70.3. The Morgan fingerprint density at radius 2 is 0.725 bits per heavy atom. The summed E-state index contributed by atoms with van der Waals surface area (Å²) >= 11 is 39.4. The first-order valence-electron chi connectivity index (χ1n) is 39.1. The summed E-state index contributed by atoms with van der Waals surface area (Å²) in [5, 5.41) is 22.0. The van der Waals surface area contributed by atoms with Crippen LogP contribution in [0.25, 0.3) is 0 Å². The first-order valence-corrected chi connectivity index (χ1v) is 43.3. The molecule has 138 heavy (non-hydrogen) atoms. The molecule has 18 N–H and O–H groups in total. The third kappa shape index (κ3) is 24.8. The number of benzene rings is 5. The molecule has 0 fully saturated rings. The summed E-state index contributed by atoms with van der Waals surface area (Å²) in [6.45, 7) is 5.34. The summed E-state index contributed by atoms with van der Waals surface area (Å²) in [7, 11) is 0. The molecule has 18 rings (SSSR count). The van der Waals surface area contributed by atoms with Crippen molar-refractivity contribution in [2.75, 3.05) is 42.8 Å². The van der Waals surface area contributed by atoms with Gasteiger partial charge in [-0.2, -0.15) is 0 Å². The fourth-order valence-electron chi connectivity index (χ4n) is 13.0. The molecule has 0 aliphatic carbocycles. The van der Waals surface area contributed by atoms with E-state index in [1.54, 1.807) is 57.2 Å². The molecule has 0 radical (unpaired) electrons. The fraction of sp³-hybridized carbons (Fsp3) is 0.0930. The Hall–Kier alpha value is -15.4. The Bertz CT molecular complexity index is 7320. The Kier molecular flexibility index (Phi) is 32.7. The predicted octanol–water partition coefficient (Wildman–Crippen LogP) is 13.9. The van der Waals surface area contributed by atoms with Gasteiger partial charge in [0.15, 0.2) is 0 Å². The number of nitrogens with zero attached hydrogens (tertiary/aromatic N) is 12. The van der Waals surface area contributed by atoms with Crippen molar-refractivity contribution in [1.29, 1.82) is 0 Å². The number of pyridine rings is 5. The van der Waals surface area contributed by atoms with E-state index in [1.807, 2.05) is 0 Å². The lowest BCUT2D eigenvalue weighted by Crippen LogP contribution is -2.29. The number of primary amides is 1. The van der Waals surface area contributed by atoms with E-state index in [0.717, 1.165) is 0 Å². The van der Waals surface area contributed by atoms with Crippen LogP contribution in [0, 0.1) is 29.1 Å². The molecule has 708 valence electrons. The van der Waals surface area contributed by atoms with Crippen LogP contribution in [-0.4, -0.2) is 111 Å². The van der Waals surface area contributed by atoms with Crippen molar-refractivity contribution in [3.63, 3.8) is 0 Å². The number of carbonyl (C=O) groups excluding carboxylic acids is 7. The van der Waals surface area contributed by atoms with E-state index in [0.29, 0.717) is 51.6 Å². The number of rotatable bonds is 14. The van der Waals surface area contributed by atoms with Gasteiger partial charge in [0.25, 0.3) is 57.3 Å². The SMILES string of the molecule is CC(C)(C)OC(=O)Nc1cc(N)ncn1.NC(=O)c1[nH]c(=O)c(Br)cc1Cl.Nc1cc(Nc2cc(Cl)c3n(c2=O)C(c2cccc(F)c2)NC3=O)ncn1.Nc1cc(Nc2cc(Cl)c3n(c2=O)C(c2cccc(F)c2)NC3=O)ncn1.O=C1NC(c2cccc(F)c2)n2c1c(Cl)cc(Br)c2=O.O=C1NC(c2cccc(F)c2)n2c1c(Cl)cc(Nc1cc(NBr)ncn1)c2=O.O=Cc1cccc(F)c1. The molecule has 4 unspecified atom stereocenters. The molecule has 0 saturated carbocycles. The number of nitrogens with two attached hydrogens (primary N) is 4. The number of nitrogens with one attached hydrogen (secondary N) is 10. The number of aromatic amines is 1. The van der Waals surface area contributed by atoms with Gasteiger partial charge in [-0.05, 0) is 166 Å². The molecule has 52 heteroatoms. The van der Waals surface area contributed by atoms with Crippen LogP contribution in [0.1, 0.15) is 130 Å². The van der Waals surface area contributed by atoms with Crippen molar-refractivity contribution in [2.24, 2.45) is 5.73 Å². The minimum atomic E-state index is -0.884. The number of amides is 6. The summed E-state index contributed by atoms with van der Waals surface area (Å²) in [5.41, 5.74) is 21.0. The molecule has 4 aliphatic rings. The van der Waals surface area contributed by atoms with Gasteiger partial charge < -0.3 is 74.2 Å². The quantitative estimate of drug-likeness (QED) is 0.0273. The van der Waals surface area contributed by atoms with Crippen LogP contribution < -0.4 is 97.6 Å². The number of aromatic nitrogens is 13. The average Bonchev–Trinajstić information content (AvgIpc) is 1.61. The minimum absolute atomic E-state index is 0.00341. The van der Waals surface area contributed by atoms with E-state index in [9.17, 15) is 79.5 Å². The van der Waals surface area contributed by atoms with E-state index in [1.165, 1.54) is 183 Å². The number of H-pyrrole nitrogens is 1. The van der Waals surface area contributed by atoms with Gasteiger partial charge in [0.05, 0.1) is 34.1 Å². The Morgan fingerprint density at radius 1 is 0.413 bits per heavy atom. The standard InChI is InChI=1S/C17H11BrClFN6O2.2C17H12ClFN6O2.C13H7BrClFN2O2.C9H14N4O2.C7H5FO.C6H4BrClN2O2/c18-25-13-6-12(21-7-22-13)23-11-5-10(19)14-16(27)24-15(26(14)17(11)28)8-2-1-3-9(20)4-8;2*18-10-5-11(23-13-6-12(20)21-7-22-13)17(27)25-14(10)16(26)24-15(25)8-2-1-3-9(19)4-8;14-8-5-9(15)10-12(19)17-11(18(10)13(8)20)6-2-1-3-7(16)4-6;1-9(2,3)15-8(14)13-7-4-6(10)11-5-12-7;8-7-3-1-2-6(4-7)5-9;7-2-1-3(8)4(5(9)11)10-6(2)12/h1-7,15H,(H,24,27)(H2,21,22,23,25);2*1-7,15H,(H,24,26)(H3,20,21,22,23);1-5,11H,(H,17,19);4-5H,1-3H3,(H3,10,11,12,13,14);1-5H;1H,(H2,9,11)(H,10,12). The second-order valence-electron chi connectivity index (χ2n) is 29.5. The third-order valence-corrected chi connectivity index (χ3v) is 21.8. The number of ether oxygens (including phenoxy) is 1. The molecular weight excluding hydrogens is 2120 g/mol. The molecule has 14 aromatic rings. The van der Waals surface area contributed by atoms with Gasteiger partial charge in [0, 0.05) is 46.0 Å². The molecule has 4 atom stereocenters. The van der Waals surface area contributed by atoms with Gasteiger partial charge in [-0.1, -0.05) is 119 Å². The van der Waals surface area contributed by atoms with Crippen molar-refractivity contribution in [3.8, 4) is 0 Å². The third-order valence-electron chi connectivity index (χ3n) is 18.8. The average molecular weight is 2180 g/mol. The summed E-state index contributed by atoms with van der Waals surface area (Å²) < 4.78 is 79.4. The Morgan fingerprint density at radius 3 is 1.05 bits per heavy atom. The lowest BCUT2D eigenvalue weighted by Gasteiger charge is -2.19. The van der Waals surface area contributed by atoms with Crippen LogP contribution >= 0.6 is 106 Å². The summed E-state index contributed by atoms with van der Waals surface area (Å²) in [5.74, 6) is -2.64. The van der Waals surface area contributed by atoms with Gasteiger partial charge >= 0.3 is 6.09 Å². The fourth-order valence-corrected chi connectivity index (χ4v) is 15.7. The van der Waals surface area contributed by atoms with Crippen LogP contribution in [-0.2, 0) is 4.74 Å². The van der Waals surface area contributed by atoms with E-state index >= 15 is 0 Å². The van der Waals surface area contributed by atoms with Gasteiger partial charge in [-0.15, -0.1) is 0 Å². The molecule has 39 nitrogen and oxygen atoms in total. The number of carbonyl (C=O) groups is 7. The molecule has 0 spiro atoms. The lowest BCUT2D eigenvalue weighted by atomic mass is 10.1. The summed E-state index contributed by atoms with van der Waals surface area (Å²) in [6.07, 6.45) is 1.68. The molecular formula is C86H65Br3Cl5F5N26O13. The molecule has 5 aromatic carbocycles. The minimum Gasteiger partial charge on any atom is -0.444 e. The van der Waals surface area contributed by atoms with E-state index < -0.39 is 117 Å². The number of aldehydes is 1. The number of anilines is 11. The predicted molar refractivity (Wildman–Crippen MR) is 512 cm³/mol. The van der Waals surface area contributed by atoms with Crippen molar-refractivity contribution >= 4 is 212 Å². The van der Waals surface area contributed by atoms with Crippen molar-refractivity contribution in [1.82, 2.24) is 84.4 Å². The van der Waals surface area contributed by atoms with Crippen LogP contribution in [0.5, 0.6) is 0 Å². The number of halogens is 13. The number of nitrogen functional groups attached to an aromatic ring is 3. The van der Waals surface area contributed by atoms with Crippen LogP contribution in [0.4, 0.5) is 90.4 Å². The Labute approximate surface area is 822 Å². The highest BCUT2D eigenvalue weighted by Crippen LogP contribution is 2.36. The Balaban J connectivity index is 0.000000149. The summed E-state index contributed by atoms with van der Waals surface area (Å²) in [4.78, 5) is 176.